The van der Waals surface area contributed by atoms with Gasteiger partial charge in [-0.2, -0.15) is 0 Å². The molecule has 3 atom stereocenters. The number of nitrogens with one attached hydrogen (secondary N) is 1. The lowest BCUT2D eigenvalue weighted by molar-refractivity contribution is 0.165. The molecule has 2 bridgehead atoms. The van der Waals surface area contributed by atoms with Crippen molar-refractivity contribution in [1.29, 1.82) is 0 Å². The van der Waals surface area contributed by atoms with E-state index in [0.29, 0.717) is 18.6 Å². The van der Waals surface area contributed by atoms with Crippen LogP contribution in [0.5, 0.6) is 0 Å². The van der Waals surface area contributed by atoms with Crippen LogP contribution in [-0.2, 0) is 0 Å². The minimum atomic E-state index is 0.379. The highest BCUT2D eigenvalue weighted by Crippen LogP contribution is 2.30. The Labute approximate surface area is 61.6 Å². The lowest BCUT2D eigenvalue weighted by atomic mass is 9.93. The van der Waals surface area contributed by atoms with Gasteiger partial charge in [0.1, 0.15) is 0 Å². The highest BCUT2D eigenvalue weighted by Gasteiger charge is 2.34. The molecule has 2 aliphatic heterocycles. The molecule has 0 amide bonds. The van der Waals surface area contributed by atoms with Crippen molar-refractivity contribution in [2.24, 2.45) is 5.92 Å². The third-order valence-corrected chi connectivity index (χ3v) is 2.97. The standard InChI is InChI=1S/C8H15NO/c10-5-6-1-2-7-3-4-8(6)9-7/h6-10H,1-5H2. The van der Waals surface area contributed by atoms with Crippen LogP contribution < -0.4 is 5.32 Å². The topological polar surface area (TPSA) is 32.3 Å². The first kappa shape index (κ1) is 6.62. The molecule has 2 nitrogen and oxygen atoms in total. The van der Waals surface area contributed by atoms with Gasteiger partial charge in [-0.3, -0.25) is 0 Å². The van der Waals surface area contributed by atoms with E-state index in [1.54, 1.807) is 0 Å². The van der Waals surface area contributed by atoms with Gasteiger partial charge in [0.15, 0.2) is 0 Å². The highest BCUT2D eigenvalue weighted by molar-refractivity contribution is 4.92. The van der Waals surface area contributed by atoms with Crippen LogP contribution >= 0.6 is 0 Å². The van der Waals surface area contributed by atoms with Crippen LogP contribution in [-0.4, -0.2) is 23.8 Å². The Bertz CT molecular complexity index is 126. The second kappa shape index (κ2) is 2.51. The number of aliphatic hydroxyl groups excluding tert-OH is 1. The fourth-order valence-electron chi connectivity index (χ4n) is 2.28. The van der Waals surface area contributed by atoms with Gasteiger partial charge in [0.2, 0.25) is 0 Å². The molecule has 58 valence electrons. The third kappa shape index (κ3) is 0.956. The zero-order valence-corrected chi connectivity index (χ0v) is 6.21. The van der Waals surface area contributed by atoms with Crippen molar-refractivity contribution < 1.29 is 5.11 Å². The van der Waals surface area contributed by atoms with Crippen LogP contribution in [0.4, 0.5) is 0 Å². The van der Waals surface area contributed by atoms with Crippen LogP contribution in [0, 0.1) is 5.92 Å². The molecule has 0 saturated carbocycles. The van der Waals surface area contributed by atoms with Crippen LogP contribution in [0.2, 0.25) is 0 Å². The molecule has 2 rings (SSSR count). The highest BCUT2D eigenvalue weighted by atomic mass is 16.3. The lowest BCUT2D eigenvalue weighted by Crippen LogP contribution is -2.41. The Hall–Kier alpha value is -0.0800. The minimum Gasteiger partial charge on any atom is -0.396 e. The summed E-state index contributed by atoms with van der Waals surface area (Å²) >= 11 is 0. The van der Waals surface area contributed by atoms with E-state index in [2.05, 4.69) is 5.32 Å². The number of aliphatic hydroxyl groups is 1. The van der Waals surface area contributed by atoms with E-state index in [1.165, 1.54) is 25.7 Å². The smallest absolute Gasteiger partial charge is 0.0474 e. The van der Waals surface area contributed by atoms with Crippen molar-refractivity contribution in [3.05, 3.63) is 0 Å². The van der Waals surface area contributed by atoms with E-state index in [9.17, 15) is 0 Å². The van der Waals surface area contributed by atoms with Gasteiger partial charge in [0, 0.05) is 18.7 Å². The molecule has 0 radical (unpaired) electrons. The average molecular weight is 141 g/mol. The largest absolute Gasteiger partial charge is 0.396 e. The maximum absolute atomic E-state index is 8.97. The van der Waals surface area contributed by atoms with E-state index < -0.39 is 0 Å². The first-order valence-corrected chi connectivity index (χ1v) is 4.27. The first-order valence-electron chi connectivity index (χ1n) is 4.27. The normalized spacial score (nSPS) is 45.9. The molecular formula is C8H15NO. The second-order valence-electron chi connectivity index (χ2n) is 3.57. The lowest BCUT2D eigenvalue weighted by Gasteiger charge is -2.28. The van der Waals surface area contributed by atoms with Gasteiger partial charge in [0.05, 0.1) is 0 Å². The molecular weight excluding hydrogens is 126 g/mol. The van der Waals surface area contributed by atoms with E-state index in [1.807, 2.05) is 0 Å². The molecule has 3 unspecified atom stereocenters. The molecule has 0 aromatic heterocycles. The number of piperidine rings is 1. The third-order valence-electron chi connectivity index (χ3n) is 2.97. The van der Waals surface area contributed by atoms with Gasteiger partial charge >= 0.3 is 0 Å². The summed E-state index contributed by atoms with van der Waals surface area (Å²) in [5.41, 5.74) is 0. The molecule has 2 heterocycles. The monoisotopic (exact) mass is 141 g/mol. The molecule has 2 heteroatoms. The predicted molar refractivity (Wildman–Crippen MR) is 39.8 cm³/mol. The Morgan fingerprint density at radius 3 is 2.80 bits per heavy atom. The van der Waals surface area contributed by atoms with Crippen LogP contribution in [0.3, 0.4) is 0 Å². The summed E-state index contributed by atoms with van der Waals surface area (Å²) in [6.45, 7) is 0.379. The van der Waals surface area contributed by atoms with Crippen molar-refractivity contribution in [2.75, 3.05) is 6.61 Å². The number of fused-ring (bicyclic) bond motifs is 2. The summed E-state index contributed by atoms with van der Waals surface area (Å²) in [6, 6.07) is 1.43. The molecule has 10 heavy (non-hydrogen) atoms. The summed E-state index contributed by atoms with van der Waals surface area (Å²) in [4.78, 5) is 0. The van der Waals surface area contributed by atoms with Crippen LogP contribution in [0.15, 0.2) is 0 Å². The van der Waals surface area contributed by atoms with Crippen LogP contribution in [0.1, 0.15) is 25.7 Å². The molecule has 2 fully saturated rings. The number of hydrogen-bond acceptors (Lipinski definition) is 2. The van der Waals surface area contributed by atoms with Crippen molar-refractivity contribution in [1.82, 2.24) is 5.32 Å². The summed E-state index contributed by atoms with van der Waals surface area (Å²) in [5.74, 6) is 0.554. The molecule has 2 saturated heterocycles. The van der Waals surface area contributed by atoms with Gasteiger partial charge in [0.25, 0.3) is 0 Å². The first-order chi connectivity index (χ1) is 4.90. The fourth-order valence-corrected chi connectivity index (χ4v) is 2.28. The SMILES string of the molecule is OCC1CCC2CCC1N2. The molecule has 0 spiro atoms. The van der Waals surface area contributed by atoms with Crippen molar-refractivity contribution in [2.45, 2.75) is 37.8 Å². The Morgan fingerprint density at radius 1 is 1.20 bits per heavy atom. The summed E-state index contributed by atoms with van der Waals surface area (Å²) in [5, 5.41) is 12.5. The predicted octanol–water partition coefficient (Wildman–Crippen LogP) is 0.509. The van der Waals surface area contributed by atoms with E-state index in [4.69, 9.17) is 5.11 Å². The Balaban J connectivity index is 2.00. The summed E-state index contributed by atoms with van der Waals surface area (Å²) in [7, 11) is 0. The Morgan fingerprint density at radius 2 is 2.00 bits per heavy atom. The molecule has 0 aliphatic carbocycles. The quantitative estimate of drug-likeness (QED) is 0.557. The van der Waals surface area contributed by atoms with E-state index in [-0.39, 0.29) is 0 Å². The second-order valence-corrected chi connectivity index (χ2v) is 3.57. The number of rotatable bonds is 1. The van der Waals surface area contributed by atoms with Gasteiger partial charge in [-0.1, -0.05) is 0 Å². The zero-order valence-electron chi connectivity index (χ0n) is 6.21. The fraction of sp³-hybridized carbons (Fsp3) is 1.00. The number of hydrogen-bond donors (Lipinski definition) is 2. The van der Waals surface area contributed by atoms with E-state index in [0.717, 1.165) is 6.04 Å². The molecule has 0 aromatic rings. The summed E-state index contributed by atoms with van der Waals surface area (Å²) in [6.07, 6.45) is 5.14. The minimum absolute atomic E-state index is 0.379. The van der Waals surface area contributed by atoms with Crippen molar-refractivity contribution in [3.63, 3.8) is 0 Å². The van der Waals surface area contributed by atoms with Gasteiger partial charge in [-0.05, 0) is 31.6 Å². The summed E-state index contributed by atoms with van der Waals surface area (Å²) < 4.78 is 0. The van der Waals surface area contributed by atoms with Gasteiger partial charge in [-0.15, -0.1) is 0 Å². The van der Waals surface area contributed by atoms with E-state index >= 15 is 0 Å². The van der Waals surface area contributed by atoms with Crippen molar-refractivity contribution >= 4 is 0 Å². The maximum Gasteiger partial charge on any atom is 0.0474 e. The average Bonchev–Trinajstić information content (AvgIpc) is 2.34. The zero-order chi connectivity index (χ0) is 6.97. The van der Waals surface area contributed by atoms with Crippen LogP contribution in [0.25, 0.3) is 0 Å². The maximum atomic E-state index is 8.97. The molecule has 2 N–H and O–H groups in total. The molecule has 0 aromatic carbocycles. The van der Waals surface area contributed by atoms with Gasteiger partial charge in [-0.25, -0.2) is 0 Å². The Kier molecular flexibility index (Phi) is 1.66. The van der Waals surface area contributed by atoms with Gasteiger partial charge < -0.3 is 10.4 Å². The molecule has 2 aliphatic rings. The van der Waals surface area contributed by atoms with Crippen molar-refractivity contribution in [3.8, 4) is 0 Å².